The molecule has 0 spiro atoms. The van der Waals surface area contributed by atoms with Gasteiger partial charge in [0.1, 0.15) is 0 Å². The maximum Gasteiger partial charge on any atom is 0.243 e. The number of rotatable bonds is 5. The number of aromatic nitrogens is 2. The predicted octanol–water partition coefficient (Wildman–Crippen LogP) is 1.27. The predicted molar refractivity (Wildman–Crippen MR) is 81.8 cm³/mol. The van der Waals surface area contributed by atoms with E-state index in [1.165, 1.54) is 6.26 Å². The zero-order valence-corrected chi connectivity index (χ0v) is 14.1. The molecule has 1 aromatic heterocycles. The van der Waals surface area contributed by atoms with Crippen molar-refractivity contribution in [2.45, 2.75) is 51.1 Å². The summed E-state index contributed by atoms with van der Waals surface area (Å²) >= 11 is 0. The fourth-order valence-corrected chi connectivity index (χ4v) is 3.92. The minimum atomic E-state index is -3.10. The van der Waals surface area contributed by atoms with Crippen LogP contribution in [0.25, 0.3) is 0 Å². The van der Waals surface area contributed by atoms with Gasteiger partial charge >= 0.3 is 0 Å². The van der Waals surface area contributed by atoms with Gasteiger partial charge in [-0.3, -0.25) is 0 Å². The van der Waals surface area contributed by atoms with Crippen molar-refractivity contribution in [3.05, 3.63) is 11.7 Å². The fourth-order valence-electron chi connectivity index (χ4n) is 2.98. The molecule has 2 aliphatic rings. The Balaban J connectivity index is 1.58. The largest absolute Gasteiger partial charge is 0.338 e. The molecule has 0 radical (unpaired) electrons. The van der Waals surface area contributed by atoms with Gasteiger partial charge in [0.05, 0.1) is 12.3 Å². The summed E-state index contributed by atoms with van der Waals surface area (Å²) in [6.07, 6.45) is 4.37. The Morgan fingerprint density at radius 2 is 2.09 bits per heavy atom. The fraction of sp³-hybridized carbons (Fsp3) is 0.857. The van der Waals surface area contributed by atoms with Crippen LogP contribution in [0.15, 0.2) is 4.52 Å². The summed E-state index contributed by atoms with van der Waals surface area (Å²) in [6.45, 7) is 5.20. The summed E-state index contributed by atoms with van der Waals surface area (Å²) in [4.78, 5) is 4.47. The molecule has 7 nitrogen and oxygen atoms in total. The highest BCUT2D eigenvalue weighted by atomic mass is 32.2. The number of nitrogens with one attached hydrogen (secondary N) is 1. The molecule has 0 unspecified atom stereocenters. The lowest BCUT2D eigenvalue weighted by molar-refractivity contribution is 0.200. The average molecular weight is 328 g/mol. The van der Waals surface area contributed by atoms with Crippen LogP contribution in [0.4, 0.5) is 0 Å². The lowest BCUT2D eigenvalue weighted by Gasteiger charge is -2.36. The first-order valence-corrected chi connectivity index (χ1v) is 9.74. The van der Waals surface area contributed by atoms with Crippen molar-refractivity contribution in [3.63, 3.8) is 0 Å². The van der Waals surface area contributed by atoms with Crippen molar-refractivity contribution < 1.29 is 12.9 Å². The van der Waals surface area contributed by atoms with Crippen LogP contribution in [-0.2, 0) is 10.0 Å². The third kappa shape index (κ3) is 3.49. The van der Waals surface area contributed by atoms with Gasteiger partial charge in [-0.05, 0) is 32.1 Å². The summed E-state index contributed by atoms with van der Waals surface area (Å²) < 4.78 is 30.2. The van der Waals surface area contributed by atoms with Gasteiger partial charge in [-0.15, -0.1) is 0 Å². The van der Waals surface area contributed by atoms with E-state index >= 15 is 0 Å². The van der Waals surface area contributed by atoms with Gasteiger partial charge in [-0.25, -0.2) is 12.7 Å². The number of piperidine rings is 1. The van der Waals surface area contributed by atoms with Gasteiger partial charge in [0, 0.05) is 25.0 Å². The highest BCUT2D eigenvalue weighted by molar-refractivity contribution is 7.88. The Hall–Kier alpha value is -0.990. The maximum atomic E-state index is 11.6. The van der Waals surface area contributed by atoms with Crippen LogP contribution in [0, 0.1) is 5.92 Å². The van der Waals surface area contributed by atoms with Crippen molar-refractivity contribution in [2.75, 3.05) is 19.3 Å². The molecule has 1 aromatic rings. The lowest BCUT2D eigenvalue weighted by Crippen LogP contribution is -2.50. The van der Waals surface area contributed by atoms with Gasteiger partial charge in [0.2, 0.25) is 15.9 Å². The number of hydrogen-bond acceptors (Lipinski definition) is 6. The minimum absolute atomic E-state index is 0.0165. The van der Waals surface area contributed by atoms with Crippen molar-refractivity contribution in [1.29, 1.82) is 0 Å². The van der Waals surface area contributed by atoms with E-state index < -0.39 is 10.0 Å². The molecule has 1 aliphatic carbocycles. The SMILES string of the molecule is C[C@H](N[C@@H]1CCN(S(C)(=O)=O)C[C@H]1C)c1nc(C2CC2)no1. The molecule has 1 aliphatic heterocycles. The molecule has 124 valence electrons. The average Bonchev–Trinajstić information content (AvgIpc) is 3.17. The molecule has 3 rings (SSSR count). The van der Waals surface area contributed by atoms with Crippen LogP contribution in [-0.4, -0.2) is 48.3 Å². The Kier molecular flexibility index (Phi) is 4.26. The zero-order chi connectivity index (χ0) is 15.9. The maximum absolute atomic E-state index is 11.6. The molecule has 8 heteroatoms. The second-order valence-electron chi connectivity index (χ2n) is 6.65. The molecule has 22 heavy (non-hydrogen) atoms. The van der Waals surface area contributed by atoms with Crippen molar-refractivity contribution in [3.8, 4) is 0 Å². The summed E-state index contributed by atoms with van der Waals surface area (Å²) in [6, 6.07) is 0.238. The van der Waals surface area contributed by atoms with E-state index in [-0.39, 0.29) is 18.0 Å². The molecule has 0 amide bonds. The van der Waals surface area contributed by atoms with Crippen LogP contribution in [0.5, 0.6) is 0 Å². The van der Waals surface area contributed by atoms with Gasteiger partial charge in [-0.2, -0.15) is 4.98 Å². The normalized spacial score (nSPS) is 28.7. The molecular formula is C14H24N4O3S. The van der Waals surface area contributed by atoms with Gasteiger partial charge in [0.15, 0.2) is 5.82 Å². The Morgan fingerprint density at radius 1 is 1.36 bits per heavy atom. The smallest absolute Gasteiger partial charge is 0.243 e. The first kappa shape index (κ1) is 15.9. The number of hydrogen-bond donors (Lipinski definition) is 1. The summed E-state index contributed by atoms with van der Waals surface area (Å²) in [7, 11) is -3.10. The van der Waals surface area contributed by atoms with E-state index in [2.05, 4.69) is 22.4 Å². The summed E-state index contributed by atoms with van der Waals surface area (Å²) in [5.74, 6) is 2.18. The van der Waals surface area contributed by atoms with Crippen LogP contribution in [0.3, 0.4) is 0 Å². The molecule has 0 bridgehead atoms. The Bertz CT molecular complexity index is 626. The highest BCUT2D eigenvalue weighted by Crippen LogP contribution is 2.38. The van der Waals surface area contributed by atoms with Gasteiger partial charge < -0.3 is 9.84 Å². The summed E-state index contributed by atoms with van der Waals surface area (Å²) in [5, 5.41) is 7.55. The molecule has 3 atom stereocenters. The van der Waals surface area contributed by atoms with Crippen molar-refractivity contribution >= 4 is 10.0 Å². The number of nitrogens with zero attached hydrogens (tertiary/aromatic N) is 3. The van der Waals surface area contributed by atoms with E-state index in [9.17, 15) is 8.42 Å². The highest BCUT2D eigenvalue weighted by Gasteiger charge is 2.33. The van der Waals surface area contributed by atoms with E-state index in [0.29, 0.717) is 24.9 Å². The van der Waals surface area contributed by atoms with E-state index in [4.69, 9.17) is 4.52 Å². The molecule has 1 saturated carbocycles. The molecule has 1 saturated heterocycles. The Labute approximate surface area is 131 Å². The minimum Gasteiger partial charge on any atom is -0.338 e. The summed E-state index contributed by atoms with van der Waals surface area (Å²) in [5.41, 5.74) is 0. The monoisotopic (exact) mass is 328 g/mol. The Morgan fingerprint density at radius 3 is 2.68 bits per heavy atom. The lowest BCUT2D eigenvalue weighted by atomic mass is 9.94. The zero-order valence-electron chi connectivity index (χ0n) is 13.3. The first-order valence-electron chi connectivity index (χ1n) is 7.89. The second-order valence-corrected chi connectivity index (χ2v) is 8.63. The molecule has 2 fully saturated rings. The quantitative estimate of drug-likeness (QED) is 0.875. The van der Waals surface area contributed by atoms with Crippen LogP contribution >= 0.6 is 0 Å². The van der Waals surface area contributed by atoms with Crippen LogP contribution in [0.1, 0.15) is 56.8 Å². The number of sulfonamides is 1. The van der Waals surface area contributed by atoms with Crippen molar-refractivity contribution in [1.82, 2.24) is 19.8 Å². The van der Waals surface area contributed by atoms with E-state index in [1.807, 2.05) is 6.92 Å². The van der Waals surface area contributed by atoms with Crippen LogP contribution in [0.2, 0.25) is 0 Å². The van der Waals surface area contributed by atoms with Crippen molar-refractivity contribution in [2.24, 2.45) is 5.92 Å². The second kappa shape index (κ2) is 5.90. The van der Waals surface area contributed by atoms with Gasteiger partial charge in [0.25, 0.3) is 0 Å². The third-order valence-electron chi connectivity index (χ3n) is 4.57. The molecule has 2 heterocycles. The molecule has 1 N–H and O–H groups in total. The standard InChI is InChI=1S/C14H24N4O3S/c1-9-8-18(22(3,19)20)7-6-12(9)15-10(2)14-16-13(17-21-14)11-4-5-11/h9-12,15H,4-8H2,1-3H3/t9-,10+,12-/m1/s1. The van der Waals surface area contributed by atoms with Gasteiger partial charge in [-0.1, -0.05) is 12.1 Å². The molecular weight excluding hydrogens is 304 g/mol. The first-order chi connectivity index (χ1) is 10.3. The van der Waals surface area contributed by atoms with E-state index in [0.717, 1.165) is 25.1 Å². The third-order valence-corrected chi connectivity index (χ3v) is 5.84. The topological polar surface area (TPSA) is 88.3 Å². The van der Waals surface area contributed by atoms with Crippen LogP contribution < -0.4 is 5.32 Å². The van der Waals surface area contributed by atoms with E-state index in [1.54, 1.807) is 4.31 Å². The molecule has 0 aromatic carbocycles.